The van der Waals surface area contributed by atoms with Gasteiger partial charge in [-0.25, -0.2) is 4.79 Å². The van der Waals surface area contributed by atoms with Crippen LogP contribution < -0.4 is 26.6 Å². The van der Waals surface area contributed by atoms with Crippen molar-refractivity contribution in [3.05, 3.63) is 35.9 Å². The maximum atomic E-state index is 14.6. The Kier molecular flexibility index (Phi) is 14.3. The number of ether oxygens (including phenoxy) is 1. The summed E-state index contributed by atoms with van der Waals surface area (Å²) < 4.78 is 5.70. The third-order valence-corrected chi connectivity index (χ3v) is 12.3. The molecule has 6 amide bonds. The van der Waals surface area contributed by atoms with Gasteiger partial charge in [0, 0.05) is 13.6 Å². The topological polar surface area (TPSA) is 192 Å². The Morgan fingerprint density at radius 3 is 2.18 bits per heavy atom. The molecule has 3 saturated carbocycles. The first-order chi connectivity index (χ1) is 26.3. The van der Waals surface area contributed by atoms with Crippen LogP contribution >= 0.6 is 0 Å². The molecular weight excluding hydrogens is 704 g/mol. The van der Waals surface area contributed by atoms with E-state index >= 15 is 0 Å². The SMILES string of the molecule is CCC(C)(C)OC(=O)NC(C(=O)N1C[C@@H]2CCC[C@@H]2C1C(=O)NC(CC1CCC1)C(=O)C(=O)NCC(=O)NC(C(=O)NC)c1ccccc1)C1CCCCC1. The Labute approximate surface area is 324 Å². The van der Waals surface area contributed by atoms with Crippen LogP contribution in [0, 0.1) is 23.7 Å². The van der Waals surface area contributed by atoms with Gasteiger partial charge in [0.1, 0.15) is 23.7 Å². The van der Waals surface area contributed by atoms with E-state index in [1.807, 2.05) is 20.8 Å². The van der Waals surface area contributed by atoms with Crippen LogP contribution in [0.3, 0.4) is 0 Å². The first-order valence-corrected chi connectivity index (χ1v) is 20.3. The van der Waals surface area contributed by atoms with Crippen LogP contribution in [0.15, 0.2) is 30.3 Å². The molecule has 0 aromatic heterocycles. The van der Waals surface area contributed by atoms with Crippen molar-refractivity contribution in [1.29, 1.82) is 0 Å². The Bertz CT molecular complexity index is 1560. The summed E-state index contributed by atoms with van der Waals surface area (Å²) in [6, 6.07) is 4.76. The number of carbonyl (C=O) groups excluding carboxylic acids is 7. The van der Waals surface area contributed by atoms with E-state index in [4.69, 9.17) is 4.74 Å². The monoisotopic (exact) mass is 764 g/mol. The lowest BCUT2D eigenvalue weighted by molar-refractivity contribution is -0.144. The zero-order valence-electron chi connectivity index (χ0n) is 32.8. The average molecular weight is 765 g/mol. The highest BCUT2D eigenvalue weighted by atomic mass is 16.6. The Hall–Kier alpha value is -4.49. The Morgan fingerprint density at radius 1 is 0.855 bits per heavy atom. The van der Waals surface area contributed by atoms with Gasteiger partial charge < -0.3 is 36.2 Å². The number of likely N-dealkylation sites (N-methyl/N-ethyl adjacent to an activating group) is 1. The summed E-state index contributed by atoms with van der Waals surface area (Å²) in [6.07, 6.45) is 9.93. The molecule has 0 bridgehead atoms. The lowest BCUT2D eigenvalue weighted by Gasteiger charge is -2.36. The number of nitrogens with one attached hydrogen (secondary N) is 5. The third kappa shape index (κ3) is 10.6. The van der Waals surface area contributed by atoms with Gasteiger partial charge in [0.25, 0.3) is 5.91 Å². The molecular formula is C41H60N6O8. The zero-order chi connectivity index (χ0) is 39.7. The van der Waals surface area contributed by atoms with Crippen LogP contribution in [0.5, 0.6) is 0 Å². The predicted molar refractivity (Wildman–Crippen MR) is 204 cm³/mol. The number of fused-ring (bicyclic) bond motifs is 1. The normalized spacial score (nSPS) is 22.9. The number of hydrogen-bond acceptors (Lipinski definition) is 8. The van der Waals surface area contributed by atoms with E-state index in [-0.39, 0.29) is 36.0 Å². The van der Waals surface area contributed by atoms with E-state index in [0.29, 0.717) is 18.5 Å². The largest absolute Gasteiger partial charge is 0.444 e. The number of likely N-dealkylation sites (tertiary alicyclic amines) is 1. The van der Waals surface area contributed by atoms with E-state index in [0.717, 1.165) is 70.6 Å². The van der Waals surface area contributed by atoms with Crippen LogP contribution in [0.25, 0.3) is 0 Å². The molecule has 1 heterocycles. The minimum absolute atomic E-state index is 0.101. The fraction of sp³-hybridized carbons (Fsp3) is 0.683. The average Bonchev–Trinajstić information content (AvgIpc) is 3.77. The van der Waals surface area contributed by atoms with Crippen LogP contribution in [-0.2, 0) is 33.5 Å². The molecule has 1 aromatic carbocycles. The molecule has 0 spiro atoms. The molecule has 3 aliphatic carbocycles. The maximum absolute atomic E-state index is 14.6. The lowest BCUT2D eigenvalue weighted by atomic mass is 9.80. The van der Waals surface area contributed by atoms with Gasteiger partial charge in [-0.1, -0.05) is 82.2 Å². The number of amides is 6. The molecule has 55 heavy (non-hydrogen) atoms. The highest BCUT2D eigenvalue weighted by Crippen LogP contribution is 2.43. The second-order valence-electron chi connectivity index (χ2n) is 16.5. The number of nitrogens with zero attached hydrogens (tertiary/aromatic N) is 1. The summed E-state index contributed by atoms with van der Waals surface area (Å²) in [7, 11) is 1.45. The van der Waals surface area contributed by atoms with Gasteiger partial charge in [0.2, 0.25) is 29.4 Å². The van der Waals surface area contributed by atoms with Crippen LogP contribution in [0.2, 0.25) is 0 Å². The van der Waals surface area contributed by atoms with Crippen LogP contribution in [0.4, 0.5) is 4.79 Å². The molecule has 14 heteroatoms. The smallest absolute Gasteiger partial charge is 0.408 e. The number of ketones is 1. The number of Topliss-reactive ketones (excluding diaryl/α,β-unsaturated/α-hetero) is 1. The molecule has 1 saturated heterocycles. The van der Waals surface area contributed by atoms with Gasteiger partial charge in [-0.15, -0.1) is 0 Å². The minimum atomic E-state index is -1.15. The van der Waals surface area contributed by atoms with Crippen molar-refractivity contribution in [3.8, 4) is 0 Å². The zero-order valence-corrected chi connectivity index (χ0v) is 32.8. The summed E-state index contributed by atoms with van der Waals surface area (Å²) in [5, 5.41) is 13.3. The second-order valence-corrected chi connectivity index (χ2v) is 16.5. The molecule has 14 nitrogen and oxygen atoms in total. The summed E-state index contributed by atoms with van der Waals surface area (Å²) in [6.45, 7) is 5.37. The first-order valence-electron chi connectivity index (χ1n) is 20.3. The van der Waals surface area contributed by atoms with Crippen LogP contribution in [-0.4, -0.2) is 90.2 Å². The van der Waals surface area contributed by atoms with E-state index in [2.05, 4.69) is 26.6 Å². The number of alkyl carbamates (subject to hydrolysis) is 1. The number of rotatable bonds is 16. The molecule has 4 unspecified atom stereocenters. The minimum Gasteiger partial charge on any atom is -0.444 e. The summed E-state index contributed by atoms with van der Waals surface area (Å²) in [5.74, 6) is -3.79. The molecule has 1 aliphatic heterocycles. The summed E-state index contributed by atoms with van der Waals surface area (Å²) >= 11 is 0. The van der Waals surface area contributed by atoms with Crippen LogP contribution in [0.1, 0.15) is 116 Å². The fourth-order valence-corrected chi connectivity index (χ4v) is 8.63. The van der Waals surface area contributed by atoms with Gasteiger partial charge in [-0.2, -0.15) is 0 Å². The number of carbonyl (C=O) groups is 7. The van der Waals surface area contributed by atoms with Gasteiger partial charge in [-0.3, -0.25) is 28.8 Å². The summed E-state index contributed by atoms with van der Waals surface area (Å²) in [4.78, 5) is 96.2. The predicted octanol–water partition coefficient (Wildman–Crippen LogP) is 3.44. The van der Waals surface area contributed by atoms with Gasteiger partial charge >= 0.3 is 6.09 Å². The number of benzene rings is 1. The highest BCUT2D eigenvalue weighted by Gasteiger charge is 2.52. The second kappa shape index (κ2) is 18.9. The van der Waals surface area contributed by atoms with Crippen molar-refractivity contribution in [2.45, 2.75) is 134 Å². The van der Waals surface area contributed by atoms with E-state index in [1.54, 1.807) is 35.2 Å². The third-order valence-electron chi connectivity index (χ3n) is 12.3. The number of hydrogen-bond donors (Lipinski definition) is 5. The van der Waals surface area contributed by atoms with Gasteiger partial charge in [-0.05, 0) is 81.6 Å². The van der Waals surface area contributed by atoms with Crippen molar-refractivity contribution in [1.82, 2.24) is 31.5 Å². The molecule has 0 radical (unpaired) electrons. The van der Waals surface area contributed by atoms with Crippen molar-refractivity contribution in [2.75, 3.05) is 20.1 Å². The molecule has 1 aromatic rings. The fourth-order valence-electron chi connectivity index (χ4n) is 8.63. The Balaban J connectivity index is 1.29. The highest BCUT2D eigenvalue weighted by molar-refractivity contribution is 6.38. The van der Waals surface area contributed by atoms with E-state index in [1.165, 1.54) is 7.05 Å². The van der Waals surface area contributed by atoms with Crippen molar-refractivity contribution in [3.63, 3.8) is 0 Å². The Morgan fingerprint density at radius 2 is 1.55 bits per heavy atom. The molecule has 4 fully saturated rings. The van der Waals surface area contributed by atoms with Crippen molar-refractivity contribution in [2.24, 2.45) is 23.7 Å². The first kappa shape index (κ1) is 41.7. The van der Waals surface area contributed by atoms with Gasteiger partial charge in [0.05, 0.1) is 12.6 Å². The molecule has 6 atom stereocenters. The van der Waals surface area contributed by atoms with Gasteiger partial charge in [0.15, 0.2) is 0 Å². The summed E-state index contributed by atoms with van der Waals surface area (Å²) in [5.41, 5.74) is -0.169. The van der Waals surface area contributed by atoms with Crippen molar-refractivity contribution >= 4 is 41.4 Å². The lowest BCUT2D eigenvalue weighted by Crippen LogP contribution is -2.59. The molecule has 4 aliphatic rings. The van der Waals surface area contributed by atoms with E-state index in [9.17, 15) is 33.6 Å². The molecule has 5 N–H and O–H groups in total. The maximum Gasteiger partial charge on any atom is 0.408 e. The quantitative estimate of drug-likeness (QED) is 0.158. The standard InChI is InChI=1S/C41H60N6O8/c1-5-41(2,3)55-40(54)46-33(27-18-10-7-11-19-27)39(53)47-24-28-20-13-21-29(28)34(47)37(51)44-30(22-25-14-12-15-25)35(49)38(52)43-23-31(48)45-32(36(50)42-4)26-16-8-6-9-17-26/h6,8-9,16-17,25,27-30,32-34H,5,7,10-15,18-24H2,1-4H3,(H,42,50)(H,43,52)(H,44,51)(H,45,48)(H,46,54)/t28-,29-,30?,32?,33?,34?/m0/s1. The molecule has 302 valence electrons. The molecule has 5 rings (SSSR count). The van der Waals surface area contributed by atoms with E-state index < -0.39 is 71.8 Å². The van der Waals surface area contributed by atoms with Crippen molar-refractivity contribution < 1.29 is 38.3 Å².